The molecule has 0 unspecified atom stereocenters. The standard InChI is InChI=1S/C14H23NO2S/c1-2-17-14(16)6-4-3-5-9-15-10-7-13-8-11-18-12-13/h8,11-12,15H,2-7,9-10H2,1H3. The molecule has 0 saturated heterocycles. The first-order chi connectivity index (χ1) is 8.83. The van der Waals surface area contributed by atoms with Crippen LogP contribution in [0.4, 0.5) is 0 Å². The van der Waals surface area contributed by atoms with E-state index in [1.807, 2.05) is 6.92 Å². The Hall–Kier alpha value is -0.870. The lowest BCUT2D eigenvalue weighted by molar-refractivity contribution is -0.143. The van der Waals surface area contributed by atoms with E-state index in [0.717, 1.165) is 38.8 Å². The van der Waals surface area contributed by atoms with Crippen molar-refractivity contribution in [2.24, 2.45) is 0 Å². The zero-order valence-corrected chi connectivity index (χ0v) is 11.9. The molecule has 0 fully saturated rings. The Bertz CT molecular complexity index is 312. The Kier molecular flexibility index (Phi) is 8.51. The van der Waals surface area contributed by atoms with Gasteiger partial charge in [-0.25, -0.2) is 0 Å². The Morgan fingerprint density at radius 2 is 2.22 bits per heavy atom. The van der Waals surface area contributed by atoms with Crippen LogP contribution in [-0.4, -0.2) is 25.7 Å². The van der Waals surface area contributed by atoms with Crippen LogP contribution in [0.15, 0.2) is 16.8 Å². The fourth-order valence-electron chi connectivity index (χ4n) is 1.72. The largest absolute Gasteiger partial charge is 0.466 e. The number of ether oxygens (including phenoxy) is 1. The van der Waals surface area contributed by atoms with Gasteiger partial charge in [-0.05, 0) is 61.7 Å². The van der Waals surface area contributed by atoms with Crippen molar-refractivity contribution in [2.45, 2.75) is 39.0 Å². The molecule has 0 saturated carbocycles. The second kappa shape index (κ2) is 10.1. The van der Waals surface area contributed by atoms with Gasteiger partial charge in [-0.2, -0.15) is 11.3 Å². The number of unbranched alkanes of at least 4 members (excludes halogenated alkanes) is 2. The highest BCUT2D eigenvalue weighted by molar-refractivity contribution is 7.07. The third-order valence-corrected chi connectivity index (χ3v) is 3.44. The quantitative estimate of drug-likeness (QED) is 0.524. The van der Waals surface area contributed by atoms with Gasteiger partial charge in [0.15, 0.2) is 0 Å². The monoisotopic (exact) mass is 269 g/mol. The second-order valence-electron chi connectivity index (χ2n) is 4.25. The van der Waals surface area contributed by atoms with Crippen LogP contribution in [-0.2, 0) is 16.0 Å². The molecule has 102 valence electrons. The van der Waals surface area contributed by atoms with E-state index in [-0.39, 0.29) is 5.97 Å². The van der Waals surface area contributed by atoms with Crippen LogP contribution >= 0.6 is 11.3 Å². The van der Waals surface area contributed by atoms with Crippen LogP contribution in [0.1, 0.15) is 38.2 Å². The summed E-state index contributed by atoms with van der Waals surface area (Å²) in [6, 6.07) is 2.17. The highest BCUT2D eigenvalue weighted by Gasteiger charge is 2.00. The van der Waals surface area contributed by atoms with Crippen LogP contribution in [0.3, 0.4) is 0 Å². The van der Waals surface area contributed by atoms with Gasteiger partial charge in [0.1, 0.15) is 0 Å². The summed E-state index contributed by atoms with van der Waals surface area (Å²) in [6.45, 7) is 4.40. The molecule has 0 atom stereocenters. The molecule has 0 bridgehead atoms. The number of hydrogen-bond donors (Lipinski definition) is 1. The number of nitrogens with one attached hydrogen (secondary N) is 1. The lowest BCUT2D eigenvalue weighted by Crippen LogP contribution is -2.18. The van der Waals surface area contributed by atoms with Crippen LogP contribution in [0.25, 0.3) is 0 Å². The second-order valence-corrected chi connectivity index (χ2v) is 5.03. The van der Waals surface area contributed by atoms with E-state index in [0.29, 0.717) is 13.0 Å². The minimum atomic E-state index is -0.0667. The molecule has 0 aliphatic rings. The first-order valence-corrected chi connectivity index (χ1v) is 7.64. The average Bonchev–Trinajstić information content (AvgIpc) is 2.86. The van der Waals surface area contributed by atoms with Gasteiger partial charge in [-0.3, -0.25) is 4.79 Å². The van der Waals surface area contributed by atoms with Crippen molar-refractivity contribution < 1.29 is 9.53 Å². The normalized spacial score (nSPS) is 10.5. The van der Waals surface area contributed by atoms with Crippen molar-refractivity contribution in [1.29, 1.82) is 0 Å². The van der Waals surface area contributed by atoms with Gasteiger partial charge in [-0.1, -0.05) is 6.42 Å². The maximum absolute atomic E-state index is 11.1. The first kappa shape index (κ1) is 15.2. The predicted molar refractivity (Wildman–Crippen MR) is 76.0 cm³/mol. The maximum Gasteiger partial charge on any atom is 0.305 e. The topological polar surface area (TPSA) is 38.3 Å². The fourth-order valence-corrected chi connectivity index (χ4v) is 2.43. The maximum atomic E-state index is 11.1. The van der Waals surface area contributed by atoms with Gasteiger partial charge in [0.25, 0.3) is 0 Å². The zero-order valence-electron chi connectivity index (χ0n) is 11.1. The molecule has 0 radical (unpaired) electrons. The van der Waals surface area contributed by atoms with Crippen molar-refractivity contribution in [3.63, 3.8) is 0 Å². The SMILES string of the molecule is CCOC(=O)CCCCCNCCc1ccsc1. The van der Waals surface area contributed by atoms with E-state index in [2.05, 4.69) is 22.1 Å². The van der Waals surface area contributed by atoms with Gasteiger partial charge in [0.2, 0.25) is 0 Å². The summed E-state index contributed by atoms with van der Waals surface area (Å²) in [6.07, 6.45) is 4.81. The summed E-state index contributed by atoms with van der Waals surface area (Å²) >= 11 is 1.75. The van der Waals surface area contributed by atoms with E-state index in [4.69, 9.17) is 4.74 Å². The first-order valence-electron chi connectivity index (χ1n) is 6.70. The van der Waals surface area contributed by atoms with Crippen molar-refractivity contribution in [2.75, 3.05) is 19.7 Å². The molecule has 1 aromatic heterocycles. The number of carbonyl (C=O) groups excluding carboxylic acids is 1. The molecule has 0 aromatic carbocycles. The van der Waals surface area contributed by atoms with E-state index in [1.165, 1.54) is 5.56 Å². The fraction of sp³-hybridized carbons (Fsp3) is 0.643. The highest BCUT2D eigenvalue weighted by Crippen LogP contribution is 2.05. The van der Waals surface area contributed by atoms with Gasteiger partial charge in [0, 0.05) is 6.42 Å². The smallest absolute Gasteiger partial charge is 0.305 e. The summed E-state index contributed by atoms with van der Waals surface area (Å²) in [5.41, 5.74) is 1.41. The third-order valence-electron chi connectivity index (χ3n) is 2.71. The Balaban J connectivity index is 1.83. The lowest BCUT2D eigenvalue weighted by Gasteiger charge is -2.04. The van der Waals surface area contributed by atoms with E-state index >= 15 is 0 Å². The molecule has 1 N–H and O–H groups in total. The molecule has 1 rings (SSSR count). The summed E-state index contributed by atoms with van der Waals surface area (Å²) < 4.78 is 4.87. The predicted octanol–water partition coefficient (Wildman–Crippen LogP) is 3.00. The summed E-state index contributed by atoms with van der Waals surface area (Å²) in [7, 11) is 0. The number of thiophene rings is 1. The minimum Gasteiger partial charge on any atom is -0.466 e. The molecule has 0 aliphatic carbocycles. The molecule has 3 nitrogen and oxygen atoms in total. The molecular weight excluding hydrogens is 246 g/mol. The van der Waals surface area contributed by atoms with Crippen LogP contribution < -0.4 is 5.32 Å². The molecule has 1 heterocycles. The molecular formula is C14H23NO2S. The molecule has 0 aliphatic heterocycles. The Labute approximate surface area is 114 Å². The minimum absolute atomic E-state index is 0.0667. The van der Waals surface area contributed by atoms with Crippen molar-refractivity contribution >= 4 is 17.3 Å². The number of esters is 1. The summed E-state index contributed by atoms with van der Waals surface area (Å²) in [5.74, 6) is -0.0667. The lowest BCUT2D eigenvalue weighted by atomic mass is 10.2. The molecule has 18 heavy (non-hydrogen) atoms. The van der Waals surface area contributed by atoms with Gasteiger partial charge < -0.3 is 10.1 Å². The Morgan fingerprint density at radius 3 is 2.94 bits per heavy atom. The van der Waals surface area contributed by atoms with Crippen LogP contribution in [0, 0.1) is 0 Å². The van der Waals surface area contributed by atoms with E-state index in [9.17, 15) is 4.79 Å². The van der Waals surface area contributed by atoms with Crippen LogP contribution in [0.2, 0.25) is 0 Å². The van der Waals surface area contributed by atoms with Gasteiger partial charge in [0.05, 0.1) is 6.61 Å². The Morgan fingerprint density at radius 1 is 1.33 bits per heavy atom. The molecule has 4 heteroatoms. The molecule has 0 amide bonds. The van der Waals surface area contributed by atoms with Crippen molar-refractivity contribution in [3.8, 4) is 0 Å². The third kappa shape index (κ3) is 7.45. The van der Waals surface area contributed by atoms with E-state index in [1.54, 1.807) is 11.3 Å². The van der Waals surface area contributed by atoms with Crippen molar-refractivity contribution in [1.82, 2.24) is 5.32 Å². The summed E-state index contributed by atoms with van der Waals surface area (Å²) in [4.78, 5) is 11.1. The van der Waals surface area contributed by atoms with Gasteiger partial charge >= 0.3 is 5.97 Å². The number of rotatable bonds is 10. The van der Waals surface area contributed by atoms with Crippen molar-refractivity contribution in [3.05, 3.63) is 22.4 Å². The number of hydrogen-bond acceptors (Lipinski definition) is 4. The molecule has 1 aromatic rings. The van der Waals surface area contributed by atoms with Crippen LogP contribution in [0.5, 0.6) is 0 Å². The molecule has 0 spiro atoms. The zero-order chi connectivity index (χ0) is 13.1. The number of carbonyl (C=O) groups is 1. The van der Waals surface area contributed by atoms with Gasteiger partial charge in [-0.15, -0.1) is 0 Å². The summed E-state index contributed by atoms with van der Waals surface area (Å²) in [5, 5.41) is 7.74. The van der Waals surface area contributed by atoms with E-state index < -0.39 is 0 Å². The highest BCUT2D eigenvalue weighted by atomic mass is 32.1. The average molecular weight is 269 g/mol.